The van der Waals surface area contributed by atoms with Gasteiger partial charge in [-0.15, -0.1) is 0 Å². The smallest absolute Gasteiger partial charge is 0.227 e. The molecule has 148 valence electrons. The predicted molar refractivity (Wildman–Crippen MR) is 112 cm³/mol. The van der Waals surface area contributed by atoms with Crippen LogP contribution in [0.2, 0.25) is 10.0 Å². The Kier molecular flexibility index (Phi) is 5.94. The second-order valence-corrected chi connectivity index (χ2v) is 7.81. The summed E-state index contributed by atoms with van der Waals surface area (Å²) in [5, 5.41) is 16.0. The van der Waals surface area contributed by atoms with Gasteiger partial charge in [-0.05, 0) is 29.1 Å². The Labute approximate surface area is 180 Å². The minimum atomic E-state index is -0.177. The fourth-order valence-corrected chi connectivity index (χ4v) is 3.77. The van der Waals surface area contributed by atoms with Crippen LogP contribution < -0.4 is 5.32 Å². The van der Waals surface area contributed by atoms with E-state index in [0.29, 0.717) is 40.5 Å². The predicted octanol–water partition coefficient (Wildman–Crippen LogP) is 4.92. The van der Waals surface area contributed by atoms with Crippen molar-refractivity contribution in [2.45, 2.75) is 19.4 Å². The Morgan fingerprint density at radius 2 is 2.14 bits per heavy atom. The van der Waals surface area contributed by atoms with Gasteiger partial charge in [-0.1, -0.05) is 34.4 Å². The van der Waals surface area contributed by atoms with Crippen LogP contribution in [0.25, 0.3) is 11.4 Å². The number of aromatic nitrogens is 4. The summed E-state index contributed by atoms with van der Waals surface area (Å²) >= 11 is 13.7. The Balaban J connectivity index is 1.35. The average molecular weight is 448 g/mol. The summed E-state index contributed by atoms with van der Waals surface area (Å²) in [5.74, 6) is 1.34. The monoisotopic (exact) mass is 447 g/mol. The first kappa shape index (κ1) is 19.6. The highest BCUT2D eigenvalue weighted by atomic mass is 35.5. The fraction of sp³-hybridized carbons (Fsp3) is 0.158. The molecule has 0 saturated heterocycles. The molecular formula is C19H15Cl2N5O2S. The van der Waals surface area contributed by atoms with E-state index in [1.54, 1.807) is 40.4 Å². The number of thiophene rings is 1. The molecule has 0 atom stereocenters. The van der Waals surface area contributed by atoms with Crippen LogP contribution in [0.5, 0.6) is 0 Å². The number of anilines is 1. The van der Waals surface area contributed by atoms with E-state index < -0.39 is 0 Å². The lowest BCUT2D eigenvalue weighted by atomic mass is 10.2. The number of nitrogens with one attached hydrogen (secondary N) is 1. The standard InChI is InChI=1S/C19H15Cl2N5O2S/c20-14-2-1-12(15(21)9-14)10-26-16(5-7-22-26)23-17(27)3-4-18-24-19(25-28-18)13-6-8-29-11-13/h1-2,5-9,11H,3-4,10H2,(H,23,27). The summed E-state index contributed by atoms with van der Waals surface area (Å²) < 4.78 is 6.88. The molecule has 0 saturated carbocycles. The number of halogens is 2. The Hall–Kier alpha value is -2.68. The number of hydrogen-bond acceptors (Lipinski definition) is 6. The first-order chi connectivity index (χ1) is 14.1. The highest BCUT2D eigenvalue weighted by Crippen LogP contribution is 2.23. The number of rotatable bonds is 7. The highest BCUT2D eigenvalue weighted by molar-refractivity contribution is 7.08. The molecule has 0 aliphatic carbocycles. The molecule has 4 aromatic rings. The van der Waals surface area contributed by atoms with E-state index in [1.165, 1.54) is 0 Å². The van der Waals surface area contributed by atoms with Gasteiger partial charge in [0.25, 0.3) is 0 Å². The number of amides is 1. The minimum absolute atomic E-state index is 0.177. The number of carbonyl (C=O) groups excluding carboxylic acids is 1. The molecule has 0 bridgehead atoms. The van der Waals surface area contributed by atoms with Gasteiger partial charge in [0.2, 0.25) is 17.6 Å². The van der Waals surface area contributed by atoms with Gasteiger partial charge in [-0.25, -0.2) is 4.68 Å². The second-order valence-electron chi connectivity index (χ2n) is 6.18. The van der Waals surface area contributed by atoms with Crippen LogP contribution in [0.15, 0.2) is 51.8 Å². The third-order valence-corrected chi connectivity index (χ3v) is 5.40. The van der Waals surface area contributed by atoms with Crippen LogP contribution in [0.3, 0.4) is 0 Å². The van der Waals surface area contributed by atoms with Crippen molar-refractivity contribution in [3.8, 4) is 11.4 Å². The zero-order valence-corrected chi connectivity index (χ0v) is 17.3. The molecule has 1 amide bonds. The Morgan fingerprint density at radius 1 is 1.24 bits per heavy atom. The van der Waals surface area contributed by atoms with E-state index in [9.17, 15) is 4.79 Å². The summed E-state index contributed by atoms with van der Waals surface area (Å²) in [4.78, 5) is 16.7. The molecular weight excluding hydrogens is 433 g/mol. The van der Waals surface area contributed by atoms with Crippen molar-refractivity contribution in [2.75, 3.05) is 5.32 Å². The lowest BCUT2D eigenvalue weighted by Gasteiger charge is -2.10. The Bertz CT molecular complexity index is 1120. The number of carbonyl (C=O) groups is 1. The van der Waals surface area contributed by atoms with Gasteiger partial charge in [0.05, 0.1) is 12.7 Å². The topological polar surface area (TPSA) is 85.8 Å². The van der Waals surface area contributed by atoms with Gasteiger partial charge in [-0.2, -0.15) is 21.4 Å². The zero-order valence-electron chi connectivity index (χ0n) is 15.0. The van der Waals surface area contributed by atoms with Gasteiger partial charge in [0, 0.05) is 39.9 Å². The van der Waals surface area contributed by atoms with Crippen molar-refractivity contribution in [1.82, 2.24) is 19.9 Å². The number of aryl methyl sites for hydroxylation is 1. The molecule has 3 aromatic heterocycles. The summed E-state index contributed by atoms with van der Waals surface area (Å²) in [5.41, 5.74) is 1.75. The quantitative estimate of drug-likeness (QED) is 0.434. The van der Waals surface area contributed by atoms with E-state index in [4.69, 9.17) is 27.7 Å². The average Bonchev–Trinajstić information content (AvgIpc) is 3.44. The molecule has 1 N–H and O–H groups in total. The van der Waals surface area contributed by atoms with Crippen molar-refractivity contribution >= 4 is 46.3 Å². The highest BCUT2D eigenvalue weighted by Gasteiger charge is 2.13. The second kappa shape index (κ2) is 8.77. The van der Waals surface area contributed by atoms with Gasteiger partial charge in [0.15, 0.2) is 0 Å². The summed E-state index contributed by atoms with van der Waals surface area (Å²) in [6.45, 7) is 0.409. The molecule has 3 heterocycles. The maximum Gasteiger partial charge on any atom is 0.227 e. The summed E-state index contributed by atoms with van der Waals surface area (Å²) in [6, 6.07) is 8.91. The number of hydrogen-bond donors (Lipinski definition) is 1. The third-order valence-electron chi connectivity index (χ3n) is 4.13. The molecule has 7 nitrogen and oxygen atoms in total. The molecule has 0 radical (unpaired) electrons. The maximum absolute atomic E-state index is 12.4. The third kappa shape index (κ3) is 4.84. The largest absolute Gasteiger partial charge is 0.339 e. The normalized spacial score (nSPS) is 11.0. The van der Waals surface area contributed by atoms with Crippen LogP contribution in [0.1, 0.15) is 17.9 Å². The maximum atomic E-state index is 12.4. The first-order valence-corrected chi connectivity index (χ1v) is 10.4. The van der Waals surface area contributed by atoms with Gasteiger partial charge < -0.3 is 9.84 Å². The Morgan fingerprint density at radius 3 is 2.93 bits per heavy atom. The van der Waals surface area contributed by atoms with E-state index in [0.717, 1.165) is 11.1 Å². The van der Waals surface area contributed by atoms with Crippen molar-refractivity contribution in [3.63, 3.8) is 0 Å². The molecule has 0 aliphatic heterocycles. The van der Waals surface area contributed by atoms with Crippen molar-refractivity contribution in [2.24, 2.45) is 0 Å². The molecule has 4 rings (SSSR count). The van der Waals surface area contributed by atoms with E-state index in [-0.39, 0.29) is 12.3 Å². The summed E-state index contributed by atoms with van der Waals surface area (Å²) in [6.07, 6.45) is 2.17. The van der Waals surface area contributed by atoms with E-state index >= 15 is 0 Å². The number of nitrogens with zero attached hydrogens (tertiary/aromatic N) is 4. The van der Waals surface area contributed by atoms with E-state index in [1.807, 2.05) is 22.9 Å². The first-order valence-electron chi connectivity index (χ1n) is 8.69. The van der Waals surface area contributed by atoms with Gasteiger partial charge in [0.1, 0.15) is 5.82 Å². The van der Waals surface area contributed by atoms with E-state index in [2.05, 4.69) is 20.6 Å². The van der Waals surface area contributed by atoms with Crippen LogP contribution in [0.4, 0.5) is 5.82 Å². The minimum Gasteiger partial charge on any atom is -0.339 e. The lowest BCUT2D eigenvalue weighted by molar-refractivity contribution is -0.116. The molecule has 10 heteroatoms. The molecule has 0 unspecified atom stereocenters. The van der Waals surface area contributed by atoms with Crippen molar-refractivity contribution < 1.29 is 9.32 Å². The van der Waals surface area contributed by atoms with Gasteiger partial charge in [-0.3, -0.25) is 4.79 Å². The molecule has 0 spiro atoms. The molecule has 0 fully saturated rings. The lowest BCUT2D eigenvalue weighted by Crippen LogP contribution is -2.16. The number of benzene rings is 1. The molecule has 0 aliphatic rings. The van der Waals surface area contributed by atoms with Crippen LogP contribution in [0, 0.1) is 0 Å². The van der Waals surface area contributed by atoms with Gasteiger partial charge >= 0.3 is 0 Å². The SMILES string of the molecule is O=C(CCc1nc(-c2ccsc2)no1)Nc1ccnn1Cc1ccc(Cl)cc1Cl. The van der Waals surface area contributed by atoms with Crippen LogP contribution in [-0.2, 0) is 17.8 Å². The zero-order chi connectivity index (χ0) is 20.2. The van der Waals surface area contributed by atoms with Crippen molar-refractivity contribution in [1.29, 1.82) is 0 Å². The summed E-state index contributed by atoms with van der Waals surface area (Å²) in [7, 11) is 0. The molecule has 29 heavy (non-hydrogen) atoms. The van der Waals surface area contributed by atoms with Crippen molar-refractivity contribution in [3.05, 3.63) is 68.8 Å². The molecule has 1 aromatic carbocycles. The fourth-order valence-electron chi connectivity index (χ4n) is 2.67. The van der Waals surface area contributed by atoms with Crippen LogP contribution in [-0.4, -0.2) is 25.8 Å². The van der Waals surface area contributed by atoms with Crippen LogP contribution >= 0.6 is 34.5 Å².